The van der Waals surface area contributed by atoms with E-state index in [1.54, 1.807) is 42.3 Å². The lowest BCUT2D eigenvalue weighted by atomic mass is 9.96. The largest absolute Gasteiger partial charge is 0.496 e. The average molecular weight is 731 g/mol. The number of halogens is 2. The third kappa shape index (κ3) is 6.94. The lowest BCUT2D eigenvalue weighted by Gasteiger charge is -2.39. The third-order valence-corrected chi connectivity index (χ3v) is 9.20. The standard InChI is InChI=1S/C36H33BrClN5O5/c1-22-19-27(20-23(2)33(22)48-28-13-14-30(47-3)29(37)21-28)43-36(46)39-34(44)31(40-43)35(45)42-17-15-41(16-18-42)32(24-7-5-4-6-8-24)25-9-11-26(38)12-10-25/h4-14,19-21,32H,15-18H2,1-3H3,(H,39,44,46). The first kappa shape index (κ1) is 33.2. The van der Waals surface area contributed by atoms with Gasteiger partial charge in [0.2, 0.25) is 5.69 Å². The SMILES string of the molecule is COc1ccc(Oc2c(C)cc(-n3nc(C(=O)N4CCN(C(c5ccccc5)c5ccc(Cl)cc5)CC4)c(=O)[nH]c3=O)cc2C)cc1Br. The number of nitrogens with one attached hydrogen (secondary N) is 1. The van der Waals surface area contributed by atoms with E-state index in [9.17, 15) is 14.4 Å². The van der Waals surface area contributed by atoms with Crippen LogP contribution < -0.4 is 20.7 Å². The zero-order valence-corrected chi connectivity index (χ0v) is 28.9. The van der Waals surface area contributed by atoms with Crippen molar-refractivity contribution in [3.05, 3.63) is 143 Å². The van der Waals surface area contributed by atoms with Crippen LogP contribution in [0.1, 0.15) is 38.8 Å². The molecular weight excluding hydrogens is 698 g/mol. The van der Waals surface area contributed by atoms with Crippen LogP contribution in [0, 0.1) is 13.8 Å². The van der Waals surface area contributed by atoms with Gasteiger partial charge in [0, 0.05) is 31.2 Å². The number of amides is 1. The van der Waals surface area contributed by atoms with E-state index in [0.29, 0.717) is 54.1 Å². The second-order valence-electron chi connectivity index (χ2n) is 11.5. The van der Waals surface area contributed by atoms with Crippen molar-refractivity contribution in [1.82, 2.24) is 24.6 Å². The first-order valence-electron chi connectivity index (χ1n) is 15.3. The van der Waals surface area contributed by atoms with Gasteiger partial charge < -0.3 is 14.4 Å². The summed E-state index contributed by atoms with van der Waals surface area (Å²) >= 11 is 9.65. The Morgan fingerprint density at radius 2 is 1.54 bits per heavy atom. The second kappa shape index (κ2) is 14.2. The van der Waals surface area contributed by atoms with Gasteiger partial charge in [0.25, 0.3) is 11.5 Å². The van der Waals surface area contributed by atoms with Gasteiger partial charge in [-0.1, -0.05) is 54.1 Å². The highest BCUT2D eigenvalue weighted by molar-refractivity contribution is 9.10. The van der Waals surface area contributed by atoms with Crippen LogP contribution in [0.2, 0.25) is 5.02 Å². The van der Waals surface area contributed by atoms with Gasteiger partial charge in [-0.15, -0.1) is 0 Å². The van der Waals surface area contributed by atoms with Crippen molar-refractivity contribution >= 4 is 33.4 Å². The molecule has 48 heavy (non-hydrogen) atoms. The summed E-state index contributed by atoms with van der Waals surface area (Å²) in [4.78, 5) is 45.8. The number of rotatable bonds is 8. The Morgan fingerprint density at radius 3 is 2.17 bits per heavy atom. The van der Waals surface area contributed by atoms with Gasteiger partial charge in [0.05, 0.1) is 23.3 Å². The predicted octanol–water partition coefficient (Wildman–Crippen LogP) is 6.30. The molecule has 1 atom stereocenters. The van der Waals surface area contributed by atoms with E-state index in [2.05, 4.69) is 43.0 Å². The van der Waals surface area contributed by atoms with E-state index >= 15 is 0 Å². The summed E-state index contributed by atoms with van der Waals surface area (Å²) in [6.45, 7) is 5.58. The zero-order valence-electron chi connectivity index (χ0n) is 26.6. The number of hydrogen-bond donors (Lipinski definition) is 1. The zero-order chi connectivity index (χ0) is 33.9. The molecule has 0 spiro atoms. The minimum atomic E-state index is -0.828. The van der Waals surface area contributed by atoms with Crippen LogP contribution in [-0.4, -0.2) is 63.8 Å². The number of benzene rings is 4. The topological polar surface area (TPSA) is 110 Å². The molecule has 5 aromatic rings. The lowest BCUT2D eigenvalue weighted by Crippen LogP contribution is -2.51. The van der Waals surface area contributed by atoms with Crippen LogP contribution in [0.4, 0.5) is 0 Å². The van der Waals surface area contributed by atoms with E-state index in [4.69, 9.17) is 21.1 Å². The highest BCUT2D eigenvalue weighted by Crippen LogP contribution is 2.35. The van der Waals surface area contributed by atoms with Crippen molar-refractivity contribution in [2.75, 3.05) is 33.3 Å². The highest BCUT2D eigenvalue weighted by atomic mass is 79.9. The molecule has 246 valence electrons. The molecule has 0 saturated carbocycles. The summed E-state index contributed by atoms with van der Waals surface area (Å²) in [7, 11) is 1.59. The van der Waals surface area contributed by atoms with Crippen molar-refractivity contribution < 1.29 is 14.3 Å². The number of aromatic nitrogens is 3. The molecular formula is C36H33BrClN5O5. The number of carbonyl (C=O) groups excluding carboxylic acids is 1. The summed E-state index contributed by atoms with van der Waals surface area (Å²) < 4.78 is 13.3. The quantitative estimate of drug-likeness (QED) is 0.200. The van der Waals surface area contributed by atoms with E-state index < -0.39 is 17.2 Å². The summed E-state index contributed by atoms with van der Waals surface area (Å²) in [5.41, 5.74) is 2.15. The third-order valence-electron chi connectivity index (χ3n) is 8.33. The molecule has 1 fully saturated rings. The monoisotopic (exact) mass is 729 g/mol. The number of H-pyrrole nitrogens is 1. The molecule has 0 radical (unpaired) electrons. The Labute approximate surface area is 290 Å². The molecule has 1 unspecified atom stereocenters. The Kier molecular flexibility index (Phi) is 9.81. The maximum Gasteiger partial charge on any atom is 0.349 e. The molecule has 1 aliphatic rings. The first-order chi connectivity index (χ1) is 23.1. The van der Waals surface area contributed by atoms with Gasteiger partial charge in [0.1, 0.15) is 17.2 Å². The molecule has 1 amide bonds. The summed E-state index contributed by atoms with van der Waals surface area (Å²) in [5, 5.41) is 4.95. The van der Waals surface area contributed by atoms with Crippen LogP contribution in [0.3, 0.4) is 0 Å². The molecule has 4 aromatic carbocycles. The summed E-state index contributed by atoms with van der Waals surface area (Å²) in [6, 6.07) is 26.8. The maximum absolute atomic E-state index is 13.7. The molecule has 1 aromatic heterocycles. The molecule has 2 heterocycles. The van der Waals surface area contributed by atoms with Gasteiger partial charge in [-0.05, 0) is 94.5 Å². The Hall–Kier alpha value is -4.71. The van der Waals surface area contributed by atoms with Crippen molar-refractivity contribution in [1.29, 1.82) is 0 Å². The summed E-state index contributed by atoms with van der Waals surface area (Å²) in [6.07, 6.45) is 0. The smallest absolute Gasteiger partial charge is 0.349 e. The Morgan fingerprint density at radius 1 is 0.896 bits per heavy atom. The van der Waals surface area contributed by atoms with Gasteiger partial charge in [-0.25, -0.2) is 4.79 Å². The van der Waals surface area contributed by atoms with Crippen molar-refractivity contribution in [2.24, 2.45) is 0 Å². The van der Waals surface area contributed by atoms with Crippen molar-refractivity contribution in [3.8, 4) is 22.9 Å². The van der Waals surface area contributed by atoms with Crippen LogP contribution in [0.15, 0.2) is 99.0 Å². The number of hydrogen-bond acceptors (Lipinski definition) is 7. The minimum absolute atomic E-state index is 0.0335. The van der Waals surface area contributed by atoms with Crippen LogP contribution in [0.25, 0.3) is 5.69 Å². The first-order valence-corrected chi connectivity index (χ1v) is 16.5. The molecule has 1 N–H and O–H groups in total. The number of nitrogens with zero attached hydrogens (tertiary/aromatic N) is 4. The number of aromatic amines is 1. The van der Waals surface area contributed by atoms with Gasteiger partial charge in [-0.2, -0.15) is 9.78 Å². The number of aryl methyl sites for hydroxylation is 2. The molecule has 12 heteroatoms. The Bertz CT molecular complexity index is 2050. The van der Waals surface area contributed by atoms with E-state index in [0.717, 1.165) is 31.4 Å². The average Bonchev–Trinajstić information content (AvgIpc) is 3.08. The highest BCUT2D eigenvalue weighted by Gasteiger charge is 2.30. The van der Waals surface area contributed by atoms with Crippen molar-refractivity contribution in [3.63, 3.8) is 0 Å². The fourth-order valence-corrected chi connectivity index (χ4v) is 6.63. The van der Waals surface area contributed by atoms with E-state index in [-0.39, 0.29) is 11.7 Å². The molecule has 1 saturated heterocycles. The number of piperazine rings is 1. The molecule has 10 nitrogen and oxygen atoms in total. The maximum atomic E-state index is 13.7. The lowest BCUT2D eigenvalue weighted by molar-refractivity contribution is 0.0587. The summed E-state index contributed by atoms with van der Waals surface area (Å²) in [5.74, 6) is 1.34. The number of carbonyl (C=O) groups is 1. The van der Waals surface area contributed by atoms with E-state index in [1.807, 2.05) is 56.3 Å². The molecule has 0 bridgehead atoms. The fourth-order valence-electron chi connectivity index (χ4n) is 5.98. The van der Waals surface area contributed by atoms with E-state index in [1.165, 1.54) is 0 Å². The molecule has 6 rings (SSSR count). The molecule has 1 aliphatic heterocycles. The minimum Gasteiger partial charge on any atom is -0.496 e. The second-order valence-corrected chi connectivity index (χ2v) is 12.8. The van der Waals surface area contributed by atoms with Crippen LogP contribution >= 0.6 is 27.5 Å². The van der Waals surface area contributed by atoms with Gasteiger partial charge >= 0.3 is 5.69 Å². The number of ether oxygens (including phenoxy) is 2. The number of methoxy groups -OCH3 is 1. The Balaban J connectivity index is 1.22. The predicted molar refractivity (Wildman–Crippen MR) is 188 cm³/mol. The van der Waals surface area contributed by atoms with Gasteiger partial charge in [0.15, 0.2) is 0 Å². The van der Waals surface area contributed by atoms with Crippen LogP contribution in [0.5, 0.6) is 17.2 Å². The van der Waals surface area contributed by atoms with Crippen molar-refractivity contribution in [2.45, 2.75) is 19.9 Å². The van der Waals surface area contributed by atoms with Gasteiger partial charge in [-0.3, -0.25) is 19.5 Å². The fraction of sp³-hybridized carbons (Fsp3) is 0.222. The van der Waals surface area contributed by atoms with Crippen LogP contribution in [-0.2, 0) is 0 Å². The molecule has 0 aliphatic carbocycles. The normalized spacial score (nSPS) is 14.1.